The standard InChI is InChI=1S/C7H11NOS2/c1-4(2)3-5-6(9)11-7(10)8-5/h4-5H,3H2,1-2H3,(H,8,10)/t5-/m0/s1. The fourth-order valence-electron chi connectivity index (χ4n) is 1.02. The quantitative estimate of drug-likeness (QED) is 0.667. The molecule has 1 atom stereocenters. The second-order valence-electron chi connectivity index (χ2n) is 3.04. The van der Waals surface area contributed by atoms with Crippen molar-refractivity contribution < 1.29 is 4.79 Å². The van der Waals surface area contributed by atoms with E-state index < -0.39 is 0 Å². The number of hydrogen-bond donors (Lipinski definition) is 1. The Labute approximate surface area is 76.1 Å². The van der Waals surface area contributed by atoms with Gasteiger partial charge in [0.2, 0.25) is 5.12 Å². The molecule has 11 heavy (non-hydrogen) atoms. The topological polar surface area (TPSA) is 29.1 Å². The molecule has 0 aliphatic carbocycles. The highest BCUT2D eigenvalue weighted by molar-refractivity contribution is 8.33. The van der Waals surface area contributed by atoms with Crippen LogP contribution < -0.4 is 5.32 Å². The van der Waals surface area contributed by atoms with Gasteiger partial charge in [-0.15, -0.1) is 0 Å². The molecule has 0 amide bonds. The molecular formula is C7H11NOS2. The number of thiocarbonyl (C=S) groups is 1. The molecule has 0 saturated carbocycles. The fraction of sp³-hybridized carbons (Fsp3) is 0.714. The average molecular weight is 189 g/mol. The maximum atomic E-state index is 11.1. The highest BCUT2D eigenvalue weighted by atomic mass is 32.2. The molecule has 1 aliphatic rings. The summed E-state index contributed by atoms with van der Waals surface area (Å²) in [6, 6.07) is -0.0347. The van der Waals surface area contributed by atoms with Gasteiger partial charge in [0.15, 0.2) is 0 Å². The highest BCUT2D eigenvalue weighted by Crippen LogP contribution is 2.20. The Bertz CT molecular complexity index is 191. The zero-order valence-electron chi connectivity index (χ0n) is 6.59. The Hall–Kier alpha value is -0.0900. The van der Waals surface area contributed by atoms with Gasteiger partial charge in [-0.05, 0) is 24.1 Å². The van der Waals surface area contributed by atoms with E-state index in [0.29, 0.717) is 10.2 Å². The molecule has 1 aliphatic heterocycles. The molecule has 4 heteroatoms. The summed E-state index contributed by atoms with van der Waals surface area (Å²) in [5, 5.41) is 3.15. The summed E-state index contributed by atoms with van der Waals surface area (Å²) in [7, 11) is 0. The SMILES string of the molecule is CC(C)C[C@@H]1NC(=S)SC1=O. The van der Waals surface area contributed by atoms with Crippen molar-refractivity contribution in [1.82, 2.24) is 5.32 Å². The first-order valence-corrected chi connectivity index (χ1v) is 4.84. The zero-order valence-corrected chi connectivity index (χ0v) is 8.22. The van der Waals surface area contributed by atoms with Gasteiger partial charge in [0, 0.05) is 0 Å². The van der Waals surface area contributed by atoms with Crippen LogP contribution in [0.2, 0.25) is 0 Å². The first-order chi connectivity index (χ1) is 5.09. The molecule has 0 spiro atoms. The van der Waals surface area contributed by atoms with Crippen LogP contribution in [-0.4, -0.2) is 15.5 Å². The molecular weight excluding hydrogens is 178 g/mol. The van der Waals surface area contributed by atoms with Crippen molar-refractivity contribution in [3.8, 4) is 0 Å². The van der Waals surface area contributed by atoms with Crippen molar-refractivity contribution in [2.75, 3.05) is 0 Å². The van der Waals surface area contributed by atoms with E-state index in [4.69, 9.17) is 12.2 Å². The maximum Gasteiger partial charge on any atom is 0.218 e. The predicted octanol–water partition coefficient (Wildman–Crippen LogP) is 1.55. The van der Waals surface area contributed by atoms with Crippen LogP contribution in [0.1, 0.15) is 20.3 Å². The first-order valence-electron chi connectivity index (χ1n) is 3.62. The number of rotatable bonds is 2. The van der Waals surface area contributed by atoms with Crippen molar-refractivity contribution in [3.63, 3.8) is 0 Å². The van der Waals surface area contributed by atoms with Crippen LogP contribution >= 0.6 is 24.0 Å². The maximum absolute atomic E-state index is 11.1. The monoisotopic (exact) mass is 189 g/mol. The average Bonchev–Trinajstić information content (AvgIpc) is 2.09. The van der Waals surface area contributed by atoms with Crippen molar-refractivity contribution in [1.29, 1.82) is 0 Å². The molecule has 1 saturated heterocycles. The van der Waals surface area contributed by atoms with E-state index in [0.717, 1.165) is 18.2 Å². The van der Waals surface area contributed by atoms with Crippen molar-refractivity contribution in [3.05, 3.63) is 0 Å². The number of nitrogens with one attached hydrogen (secondary N) is 1. The Kier molecular flexibility index (Phi) is 2.90. The lowest BCUT2D eigenvalue weighted by Gasteiger charge is -2.09. The van der Waals surface area contributed by atoms with Crippen LogP contribution in [0.15, 0.2) is 0 Å². The van der Waals surface area contributed by atoms with E-state index in [1.54, 1.807) is 0 Å². The van der Waals surface area contributed by atoms with E-state index in [1.165, 1.54) is 0 Å². The molecule has 0 aromatic heterocycles. The Morgan fingerprint density at radius 1 is 1.73 bits per heavy atom. The molecule has 0 unspecified atom stereocenters. The molecule has 2 nitrogen and oxygen atoms in total. The van der Waals surface area contributed by atoms with Gasteiger partial charge in [0.1, 0.15) is 4.32 Å². The predicted molar refractivity (Wildman–Crippen MR) is 51.6 cm³/mol. The van der Waals surface area contributed by atoms with Gasteiger partial charge < -0.3 is 5.32 Å². The third kappa shape index (κ3) is 2.45. The third-order valence-corrected chi connectivity index (χ3v) is 2.63. The van der Waals surface area contributed by atoms with E-state index in [1.807, 2.05) is 0 Å². The van der Waals surface area contributed by atoms with Gasteiger partial charge in [0.25, 0.3) is 0 Å². The highest BCUT2D eigenvalue weighted by Gasteiger charge is 2.28. The molecule has 1 fully saturated rings. The molecule has 0 aromatic rings. The normalized spacial score (nSPS) is 24.5. The fourth-order valence-corrected chi connectivity index (χ4v) is 2.09. The summed E-state index contributed by atoms with van der Waals surface area (Å²) in [5.74, 6) is 0.540. The van der Waals surface area contributed by atoms with Crippen LogP contribution in [-0.2, 0) is 4.79 Å². The number of carbonyl (C=O) groups excluding carboxylic acids is 1. The Morgan fingerprint density at radius 3 is 2.73 bits per heavy atom. The van der Waals surface area contributed by atoms with Gasteiger partial charge in [-0.25, -0.2) is 0 Å². The minimum atomic E-state index is -0.0347. The molecule has 1 heterocycles. The van der Waals surface area contributed by atoms with E-state index in [2.05, 4.69) is 19.2 Å². The summed E-state index contributed by atoms with van der Waals surface area (Å²) in [5.41, 5.74) is 0. The lowest BCUT2D eigenvalue weighted by atomic mass is 10.1. The van der Waals surface area contributed by atoms with Crippen molar-refractivity contribution in [2.45, 2.75) is 26.3 Å². The minimum Gasteiger partial charge on any atom is -0.360 e. The summed E-state index contributed by atoms with van der Waals surface area (Å²) in [6.07, 6.45) is 0.881. The van der Waals surface area contributed by atoms with Gasteiger partial charge >= 0.3 is 0 Å². The zero-order chi connectivity index (χ0) is 8.43. The number of carbonyl (C=O) groups is 1. The van der Waals surface area contributed by atoms with Crippen LogP contribution in [0.4, 0.5) is 0 Å². The molecule has 1 N–H and O–H groups in total. The van der Waals surface area contributed by atoms with E-state index >= 15 is 0 Å². The lowest BCUT2D eigenvalue weighted by Crippen LogP contribution is -2.29. The third-order valence-electron chi connectivity index (χ3n) is 1.48. The van der Waals surface area contributed by atoms with Gasteiger partial charge in [-0.3, -0.25) is 4.79 Å². The smallest absolute Gasteiger partial charge is 0.218 e. The lowest BCUT2D eigenvalue weighted by molar-refractivity contribution is -0.112. The largest absolute Gasteiger partial charge is 0.360 e. The van der Waals surface area contributed by atoms with Crippen LogP contribution in [0, 0.1) is 5.92 Å². The van der Waals surface area contributed by atoms with Crippen LogP contribution in [0.25, 0.3) is 0 Å². The second kappa shape index (κ2) is 3.54. The Morgan fingerprint density at radius 2 is 2.36 bits per heavy atom. The Balaban J connectivity index is 2.47. The van der Waals surface area contributed by atoms with Crippen molar-refractivity contribution >= 4 is 33.4 Å². The molecule has 0 radical (unpaired) electrons. The van der Waals surface area contributed by atoms with Crippen molar-refractivity contribution in [2.24, 2.45) is 5.92 Å². The summed E-state index contributed by atoms with van der Waals surface area (Å²) < 4.78 is 0.626. The van der Waals surface area contributed by atoms with Gasteiger partial charge in [0.05, 0.1) is 6.04 Å². The van der Waals surface area contributed by atoms with E-state index in [9.17, 15) is 4.79 Å². The minimum absolute atomic E-state index is 0.0347. The first kappa shape index (κ1) is 9.00. The van der Waals surface area contributed by atoms with E-state index in [-0.39, 0.29) is 11.2 Å². The molecule has 62 valence electrons. The van der Waals surface area contributed by atoms with Gasteiger partial charge in [-0.2, -0.15) is 0 Å². The summed E-state index contributed by atoms with van der Waals surface area (Å²) in [4.78, 5) is 11.1. The molecule has 0 aromatic carbocycles. The second-order valence-corrected chi connectivity index (χ2v) is 4.72. The molecule has 1 rings (SSSR count). The number of thioether (sulfide) groups is 1. The van der Waals surface area contributed by atoms with Crippen LogP contribution in [0.3, 0.4) is 0 Å². The van der Waals surface area contributed by atoms with Gasteiger partial charge in [-0.1, -0.05) is 26.1 Å². The number of hydrogen-bond acceptors (Lipinski definition) is 3. The summed E-state index contributed by atoms with van der Waals surface area (Å²) >= 11 is 6.01. The van der Waals surface area contributed by atoms with Crippen LogP contribution in [0.5, 0.6) is 0 Å². The summed E-state index contributed by atoms with van der Waals surface area (Å²) in [6.45, 7) is 4.20. The molecule has 0 bridgehead atoms.